The van der Waals surface area contributed by atoms with Crippen molar-refractivity contribution in [1.29, 1.82) is 0 Å². The molecule has 1 atom stereocenters. The topological polar surface area (TPSA) is 83.0 Å². The molecule has 0 amide bonds. The summed E-state index contributed by atoms with van der Waals surface area (Å²) >= 11 is 0. The van der Waals surface area contributed by atoms with Gasteiger partial charge in [0.15, 0.2) is 17.4 Å². The lowest BCUT2D eigenvalue weighted by molar-refractivity contribution is 0.274. The minimum absolute atomic E-state index is 0.0515. The number of methoxy groups -OCH3 is 1. The molecule has 0 bridgehead atoms. The van der Waals surface area contributed by atoms with Gasteiger partial charge in [-0.15, -0.1) is 0 Å². The summed E-state index contributed by atoms with van der Waals surface area (Å²) in [6.45, 7) is 1.82. The van der Waals surface area contributed by atoms with E-state index in [0.717, 1.165) is 6.07 Å². The third kappa shape index (κ3) is 3.74. The quantitative estimate of drug-likeness (QED) is 0.716. The van der Waals surface area contributed by atoms with Gasteiger partial charge in [-0.05, 0) is 30.0 Å². The van der Waals surface area contributed by atoms with Crippen LogP contribution in [-0.4, -0.2) is 27.8 Å². The summed E-state index contributed by atoms with van der Waals surface area (Å²) in [5.41, 5.74) is 5.44. The number of nitrogens with two attached hydrogens (primary N) is 1. The van der Waals surface area contributed by atoms with Crippen molar-refractivity contribution in [3.8, 4) is 17.1 Å². The molecule has 142 valence electrons. The molecule has 0 aliphatic rings. The van der Waals surface area contributed by atoms with Crippen LogP contribution >= 0.6 is 0 Å². The van der Waals surface area contributed by atoms with Gasteiger partial charge in [0.2, 0.25) is 0 Å². The maximum Gasteiger partial charge on any atom is 0.258 e. The fourth-order valence-corrected chi connectivity index (χ4v) is 2.91. The highest BCUT2D eigenvalue weighted by atomic mass is 19.1. The summed E-state index contributed by atoms with van der Waals surface area (Å²) in [4.78, 5) is 20.7. The summed E-state index contributed by atoms with van der Waals surface area (Å²) in [5, 5.41) is 0.681. The lowest BCUT2D eigenvalue weighted by Crippen LogP contribution is -2.24. The molecule has 2 heterocycles. The lowest BCUT2D eigenvalue weighted by Gasteiger charge is -2.12. The van der Waals surface area contributed by atoms with E-state index in [-0.39, 0.29) is 34.9 Å². The zero-order valence-electron chi connectivity index (χ0n) is 15.1. The Balaban J connectivity index is 2.05. The maximum absolute atomic E-state index is 14.6. The smallest absolute Gasteiger partial charge is 0.258 e. The summed E-state index contributed by atoms with van der Waals surface area (Å²) in [6.07, 6.45) is 2.80. The molecule has 0 saturated heterocycles. The molecule has 2 N–H and O–H groups in total. The van der Waals surface area contributed by atoms with Crippen LogP contribution in [0, 0.1) is 5.82 Å². The Morgan fingerprint density at radius 1 is 1.37 bits per heavy atom. The van der Waals surface area contributed by atoms with Crippen LogP contribution in [0.15, 0.2) is 35.4 Å². The van der Waals surface area contributed by atoms with Crippen LogP contribution in [0.1, 0.15) is 19.8 Å². The number of halogens is 2. The first-order chi connectivity index (χ1) is 12.9. The molecule has 0 aliphatic heterocycles. The highest BCUT2D eigenvalue weighted by molar-refractivity contribution is 5.86. The Hall–Kier alpha value is -3.03. The van der Waals surface area contributed by atoms with E-state index >= 15 is 0 Å². The molecule has 1 unspecified atom stereocenters. The van der Waals surface area contributed by atoms with Crippen molar-refractivity contribution in [2.45, 2.75) is 32.5 Å². The van der Waals surface area contributed by atoms with Gasteiger partial charge in [-0.3, -0.25) is 4.79 Å². The highest BCUT2D eigenvalue weighted by Gasteiger charge is 2.15. The largest absolute Gasteiger partial charge is 0.491 e. The van der Waals surface area contributed by atoms with Crippen LogP contribution in [0.3, 0.4) is 0 Å². The molecular weight excluding hydrogens is 354 g/mol. The summed E-state index contributed by atoms with van der Waals surface area (Å²) in [5.74, 6) is -0.200. The molecule has 2 aromatic heterocycles. The van der Waals surface area contributed by atoms with E-state index < -0.39 is 17.5 Å². The van der Waals surface area contributed by atoms with Gasteiger partial charge in [0.25, 0.3) is 5.56 Å². The summed E-state index contributed by atoms with van der Waals surface area (Å²) < 4.78 is 34.8. The zero-order chi connectivity index (χ0) is 19.6. The van der Waals surface area contributed by atoms with Gasteiger partial charge in [-0.25, -0.2) is 18.7 Å². The van der Waals surface area contributed by atoms with Crippen molar-refractivity contribution in [2.75, 3.05) is 12.8 Å². The summed E-state index contributed by atoms with van der Waals surface area (Å²) in [6, 6.07) is 4.25. The van der Waals surface area contributed by atoms with Crippen LogP contribution in [0.2, 0.25) is 0 Å². The van der Waals surface area contributed by atoms with Crippen LogP contribution in [-0.2, 0) is 6.54 Å². The molecular formula is C19H20F2N4O2. The maximum atomic E-state index is 14.6. The first-order valence-corrected chi connectivity index (χ1v) is 8.58. The van der Waals surface area contributed by atoms with E-state index in [1.807, 2.05) is 6.92 Å². The van der Waals surface area contributed by atoms with Crippen molar-refractivity contribution < 1.29 is 13.5 Å². The van der Waals surface area contributed by atoms with Crippen molar-refractivity contribution in [3.05, 3.63) is 46.8 Å². The van der Waals surface area contributed by atoms with Crippen LogP contribution in [0.5, 0.6) is 5.75 Å². The van der Waals surface area contributed by atoms with Crippen molar-refractivity contribution in [3.63, 3.8) is 0 Å². The van der Waals surface area contributed by atoms with E-state index in [9.17, 15) is 13.6 Å². The van der Waals surface area contributed by atoms with Crippen molar-refractivity contribution >= 4 is 16.6 Å². The van der Waals surface area contributed by atoms with Gasteiger partial charge >= 0.3 is 0 Å². The number of rotatable bonds is 6. The average Bonchev–Trinajstić information content (AvgIpc) is 2.64. The van der Waals surface area contributed by atoms with Gasteiger partial charge in [-0.1, -0.05) is 13.3 Å². The minimum Gasteiger partial charge on any atom is -0.491 e. The number of pyridine rings is 1. The predicted octanol–water partition coefficient (Wildman–Crippen LogP) is 3.33. The minimum atomic E-state index is -1.12. The van der Waals surface area contributed by atoms with E-state index in [2.05, 4.69) is 9.97 Å². The molecule has 0 radical (unpaired) electrons. The molecule has 0 spiro atoms. The van der Waals surface area contributed by atoms with Crippen molar-refractivity contribution in [1.82, 2.24) is 14.5 Å². The van der Waals surface area contributed by atoms with Crippen LogP contribution in [0.4, 0.5) is 14.6 Å². The Bertz CT molecular complexity index is 1040. The Morgan fingerprint density at radius 3 is 2.81 bits per heavy atom. The third-order valence-electron chi connectivity index (χ3n) is 4.30. The van der Waals surface area contributed by atoms with Gasteiger partial charge in [-0.2, -0.15) is 0 Å². The number of hydrogen-bond donors (Lipinski definition) is 1. The number of fused-ring (bicyclic) bond motifs is 1. The molecule has 27 heavy (non-hydrogen) atoms. The van der Waals surface area contributed by atoms with Crippen molar-refractivity contribution in [2.24, 2.45) is 0 Å². The number of nitrogens with zero attached hydrogens (tertiary/aromatic N) is 3. The number of anilines is 1. The monoisotopic (exact) mass is 374 g/mol. The van der Waals surface area contributed by atoms with Crippen LogP contribution in [0.25, 0.3) is 22.2 Å². The van der Waals surface area contributed by atoms with E-state index in [4.69, 9.17) is 10.5 Å². The molecule has 0 saturated carbocycles. The number of hydrogen-bond acceptors (Lipinski definition) is 5. The molecule has 1 aromatic carbocycles. The zero-order valence-corrected chi connectivity index (χ0v) is 15.1. The molecule has 3 aromatic rings. The number of benzene rings is 1. The molecule has 0 aliphatic carbocycles. The molecule has 8 heteroatoms. The SMILES string of the molecule is CCCC(F)Cn1ccc2cc(-c3ncc(OC)c(N)n3)c(F)cc2c1=O. The highest BCUT2D eigenvalue weighted by Crippen LogP contribution is 2.27. The number of ether oxygens (including phenoxy) is 1. The van der Waals surface area contributed by atoms with Crippen LogP contribution < -0.4 is 16.0 Å². The van der Waals surface area contributed by atoms with Gasteiger partial charge < -0.3 is 15.0 Å². The Kier molecular flexibility index (Phi) is 5.34. The molecule has 6 nitrogen and oxygen atoms in total. The molecule has 3 rings (SSSR count). The average molecular weight is 374 g/mol. The fraction of sp³-hybridized carbons (Fsp3) is 0.316. The van der Waals surface area contributed by atoms with Gasteiger partial charge in [0.05, 0.1) is 30.8 Å². The summed E-state index contributed by atoms with van der Waals surface area (Å²) in [7, 11) is 1.43. The van der Waals surface area contributed by atoms with E-state index in [0.29, 0.717) is 18.2 Å². The fourth-order valence-electron chi connectivity index (χ4n) is 2.91. The standard InChI is InChI=1S/C19H20F2N4O2/c1-3-4-12(20)10-25-6-5-11-7-14(15(21)8-13(11)19(25)26)18-23-9-16(27-2)17(22)24-18/h5-9,12H,3-4,10H2,1-2H3,(H2,22,23,24). The number of aromatic nitrogens is 3. The van der Waals surface area contributed by atoms with E-state index in [1.54, 1.807) is 6.07 Å². The first kappa shape index (κ1) is 18.8. The number of nitrogen functional groups attached to an aromatic ring is 1. The predicted molar refractivity (Wildman–Crippen MR) is 100.0 cm³/mol. The Morgan fingerprint density at radius 2 is 2.15 bits per heavy atom. The first-order valence-electron chi connectivity index (χ1n) is 8.58. The van der Waals surface area contributed by atoms with E-state index in [1.165, 1.54) is 30.1 Å². The second-order valence-corrected chi connectivity index (χ2v) is 6.23. The third-order valence-corrected chi connectivity index (χ3v) is 4.30. The van der Waals surface area contributed by atoms with Gasteiger partial charge in [0, 0.05) is 6.20 Å². The normalized spacial score (nSPS) is 12.3. The molecule has 0 fully saturated rings. The van der Waals surface area contributed by atoms with Gasteiger partial charge in [0.1, 0.15) is 12.0 Å². The lowest BCUT2D eigenvalue weighted by atomic mass is 10.1. The second-order valence-electron chi connectivity index (χ2n) is 6.23. The Labute approximate surface area is 154 Å². The second kappa shape index (κ2) is 7.69. The number of alkyl halides is 1.